The van der Waals surface area contributed by atoms with Gasteiger partial charge in [-0.05, 0) is 30.7 Å². The van der Waals surface area contributed by atoms with Gasteiger partial charge in [0.1, 0.15) is 0 Å². The van der Waals surface area contributed by atoms with Crippen LogP contribution in [-0.4, -0.2) is 18.4 Å². The SMILES string of the molecule is Nc1c(Cl)cc(NC(=O)CCCNC(=O)c2ccccc2)cc1Cl. The van der Waals surface area contributed by atoms with E-state index in [1.165, 1.54) is 12.1 Å². The van der Waals surface area contributed by atoms with E-state index in [0.29, 0.717) is 24.2 Å². The summed E-state index contributed by atoms with van der Waals surface area (Å²) in [6.45, 7) is 0.407. The maximum atomic E-state index is 11.9. The zero-order chi connectivity index (χ0) is 17.5. The minimum Gasteiger partial charge on any atom is -0.396 e. The second-order valence-corrected chi connectivity index (χ2v) is 5.94. The quantitative estimate of drug-likeness (QED) is 0.538. The first-order valence-corrected chi connectivity index (χ1v) is 8.10. The number of benzene rings is 2. The molecule has 0 aliphatic heterocycles. The molecule has 0 radical (unpaired) electrons. The molecular formula is C17H17Cl2N3O2. The smallest absolute Gasteiger partial charge is 0.251 e. The van der Waals surface area contributed by atoms with Crippen LogP contribution in [0.25, 0.3) is 0 Å². The molecule has 0 aliphatic rings. The maximum Gasteiger partial charge on any atom is 0.251 e. The Kier molecular flexibility index (Phi) is 6.46. The molecule has 0 unspecified atom stereocenters. The largest absolute Gasteiger partial charge is 0.396 e. The summed E-state index contributed by atoms with van der Waals surface area (Å²) in [6.07, 6.45) is 0.773. The van der Waals surface area contributed by atoms with Gasteiger partial charge in [-0.2, -0.15) is 0 Å². The fraction of sp³-hybridized carbons (Fsp3) is 0.176. The summed E-state index contributed by atoms with van der Waals surface area (Å²) in [5.41, 5.74) is 6.99. The zero-order valence-electron chi connectivity index (χ0n) is 12.8. The maximum absolute atomic E-state index is 11.9. The number of anilines is 2. The van der Waals surface area contributed by atoms with Crippen LogP contribution in [0.1, 0.15) is 23.2 Å². The Bertz CT molecular complexity index is 713. The van der Waals surface area contributed by atoms with Gasteiger partial charge in [0.15, 0.2) is 0 Å². The van der Waals surface area contributed by atoms with E-state index < -0.39 is 0 Å². The van der Waals surface area contributed by atoms with Gasteiger partial charge in [0.25, 0.3) is 5.91 Å². The molecule has 4 N–H and O–H groups in total. The minimum absolute atomic E-state index is 0.159. The Labute approximate surface area is 150 Å². The standard InChI is InChI=1S/C17H17Cl2N3O2/c18-13-9-12(10-14(19)16(13)20)22-15(23)7-4-8-21-17(24)11-5-2-1-3-6-11/h1-3,5-6,9-10H,4,7-8,20H2,(H,21,24)(H,22,23). The molecule has 2 rings (SSSR count). The lowest BCUT2D eigenvalue weighted by Gasteiger charge is -2.09. The monoisotopic (exact) mass is 365 g/mol. The van der Waals surface area contributed by atoms with Gasteiger partial charge in [-0.3, -0.25) is 9.59 Å². The first kappa shape index (κ1) is 18.1. The lowest BCUT2D eigenvalue weighted by molar-refractivity contribution is -0.116. The molecule has 0 spiro atoms. The molecule has 0 saturated carbocycles. The average molecular weight is 366 g/mol. The van der Waals surface area contributed by atoms with E-state index in [2.05, 4.69) is 10.6 Å². The fourth-order valence-corrected chi connectivity index (χ4v) is 2.51. The zero-order valence-corrected chi connectivity index (χ0v) is 14.3. The van der Waals surface area contributed by atoms with Gasteiger partial charge < -0.3 is 16.4 Å². The number of hydrogen-bond donors (Lipinski definition) is 3. The first-order valence-electron chi connectivity index (χ1n) is 7.35. The summed E-state index contributed by atoms with van der Waals surface area (Å²) in [4.78, 5) is 23.7. The van der Waals surface area contributed by atoms with Crippen molar-refractivity contribution in [3.63, 3.8) is 0 Å². The number of rotatable bonds is 6. The van der Waals surface area contributed by atoms with Crippen LogP contribution < -0.4 is 16.4 Å². The Balaban J connectivity index is 1.75. The number of hydrogen-bond acceptors (Lipinski definition) is 3. The lowest BCUT2D eigenvalue weighted by Crippen LogP contribution is -2.25. The van der Waals surface area contributed by atoms with Crippen LogP contribution in [0.2, 0.25) is 10.0 Å². The molecule has 0 fully saturated rings. The molecule has 126 valence electrons. The molecule has 2 aromatic carbocycles. The van der Waals surface area contributed by atoms with E-state index in [1.54, 1.807) is 24.3 Å². The molecule has 0 bridgehead atoms. The highest BCUT2D eigenvalue weighted by atomic mass is 35.5. The third-order valence-electron chi connectivity index (χ3n) is 3.26. The molecule has 24 heavy (non-hydrogen) atoms. The van der Waals surface area contributed by atoms with Gasteiger partial charge >= 0.3 is 0 Å². The summed E-state index contributed by atoms with van der Waals surface area (Å²) in [5.74, 6) is -0.353. The van der Waals surface area contributed by atoms with Gasteiger partial charge in [-0.15, -0.1) is 0 Å². The number of halogens is 2. The van der Waals surface area contributed by atoms with Crippen molar-refractivity contribution in [2.45, 2.75) is 12.8 Å². The third kappa shape index (κ3) is 5.15. The van der Waals surface area contributed by atoms with E-state index in [1.807, 2.05) is 6.07 Å². The predicted octanol–water partition coefficient (Wildman–Crippen LogP) is 3.72. The Morgan fingerprint density at radius 1 is 1.04 bits per heavy atom. The Hall–Kier alpha value is -2.24. The Morgan fingerprint density at radius 3 is 2.29 bits per heavy atom. The van der Waals surface area contributed by atoms with Crippen molar-refractivity contribution in [3.8, 4) is 0 Å². The van der Waals surface area contributed by atoms with Crippen LogP contribution in [-0.2, 0) is 4.79 Å². The van der Waals surface area contributed by atoms with E-state index in [9.17, 15) is 9.59 Å². The van der Waals surface area contributed by atoms with Crippen LogP contribution in [0, 0.1) is 0 Å². The fourth-order valence-electron chi connectivity index (χ4n) is 2.02. The van der Waals surface area contributed by atoms with E-state index in [4.69, 9.17) is 28.9 Å². The average Bonchev–Trinajstić information content (AvgIpc) is 2.57. The highest BCUT2D eigenvalue weighted by Gasteiger charge is 2.08. The molecule has 0 aromatic heterocycles. The predicted molar refractivity (Wildman–Crippen MR) is 97.5 cm³/mol. The molecule has 2 amide bonds. The van der Waals surface area contributed by atoms with E-state index in [0.717, 1.165) is 0 Å². The number of nitrogen functional groups attached to an aromatic ring is 1. The number of nitrogens with one attached hydrogen (secondary N) is 2. The summed E-state index contributed by atoms with van der Waals surface area (Å²) < 4.78 is 0. The highest BCUT2D eigenvalue weighted by molar-refractivity contribution is 6.39. The topological polar surface area (TPSA) is 84.2 Å². The highest BCUT2D eigenvalue weighted by Crippen LogP contribution is 2.31. The van der Waals surface area contributed by atoms with E-state index >= 15 is 0 Å². The number of carbonyl (C=O) groups is 2. The van der Waals surface area contributed by atoms with Crippen molar-refractivity contribution < 1.29 is 9.59 Å². The second-order valence-electron chi connectivity index (χ2n) is 5.13. The molecule has 0 aliphatic carbocycles. The third-order valence-corrected chi connectivity index (χ3v) is 3.89. The molecular weight excluding hydrogens is 349 g/mol. The van der Waals surface area contributed by atoms with E-state index in [-0.39, 0.29) is 34.0 Å². The van der Waals surface area contributed by atoms with Gasteiger partial charge in [0.2, 0.25) is 5.91 Å². The molecule has 0 atom stereocenters. The summed E-state index contributed by atoms with van der Waals surface area (Å²) in [7, 11) is 0. The van der Waals surface area contributed by atoms with Crippen LogP contribution in [0.15, 0.2) is 42.5 Å². The molecule has 7 heteroatoms. The van der Waals surface area contributed by atoms with Gasteiger partial charge in [0.05, 0.1) is 15.7 Å². The second kappa shape index (κ2) is 8.57. The molecule has 2 aromatic rings. The van der Waals surface area contributed by atoms with Crippen LogP contribution in [0.4, 0.5) is 11.4 Å². The number of nitrogens with two attached hydrogens (primary N) is 1. The summed E-state index contributed by atoms with van der Waals surface area (Å²) in [5, 5.41) is 6.03. The van der Waals surface area contributed by atoms with Gasteiger partial charge in [-0.1, -0.05) is 41.4 Å². The van der Waals surface area contributed by atoms with Gasteiger partial charge in [0, 0.05) is 24.2 Å². The van der Waals surface area contributed by atoms with Crippen LogP contribution in [0.3, 0.4) is 0 Å². The Morgan fingerprint density at radius 2 is 1.67 bits per heavy atom. The van der Waals surface area contributed by atoms with Gasteiger partial charge in [-0.25, -0.2) is 0 Å². The van der Waals surface area contributed by atoms with Crippen molar-refractivity contribution >= 4 is 46.4 Å². The number of amides is 2. The molecule has 0 saturated heterocycles. The van der Waals surface area contributed by atoms with Crippen LogP contribution in [0.5, 0.6) is 0 Å². The molecule has 5 nitrogen and oxygen atoms in total. The number of carbonyl (C=O) groups excluding carboxylic acids is 2. The van der Waals surface area contributed by atoms with Crippen molar-refractivity contribution in [3.05, 3.63) is 58.1 Å². The summed E-state index contributed by atoms with van der Waals surface area (Å²) in [6, 6.07) is 12.0. The lowest BCUT2D eigenvalue weighted by atomic mass is 10.2. The normalized spacial score (nSPS) is 10.2. The van der Waals surface area contributed by atoms with Crippen molar-refractivity contribution in [2.24, 2.45) is 0 Å². The van der Waals surface area contributed by atoms with Crippen molar-refractivity contribution in [2.75, 3.05) is 17.6 Å². The summed E-state index contributed by atoms with van der Waals surface area (Å²) >= 11 is 11.8. The first-order chi connectivity index (χ1) is 11.5. The van der Waals surface area contributed by atoms with Crippen LogP contribution >= 0.6 is 23.2 Å². The molecule has 0 heterocycles. The minimum atomic E-state index is -0.194. The van der Waals surface area contributed by atoms with Crippen molar-refractivity contribution in [1.29, 1.82) is 0 Å². The van der Waals surface area contributed by atoms with Crippen molar-refractivity contribution in [1.82, 2.24) is 5.32 Å².